The number of hydrogen-bond acceptors (Lipinski definition) is 2. The van der Waals surface area contributed by atoms with Crippen molar-refractivity contribution in [2.75, 3.05) is 6.54 Å². The van der Waals surface area contributed by atoms with Crippen LogP contribution in [0.15, 0.2) is 65.3 Å². The highest BCUT2D eigenvalue weighted by Gasteiger charge is 2.23. The van der Waals surface area contributed by atoms with Crippen LogP contribution in [0.4, 0.5) is 0 Å². The van der Waals surface area contributed by atoms with Gasteiger partial charge in [0.2, 0.25) is 0 Å². The molecule has 0 bridgehead atoms. The molecule has 2 heterocycles. The SMILES string of the molecule is O=C(c1ccc(C=Cc2ccccc2Cl)cc1)N1CCc2ccoc2C1. The molecule has 3 nitrogen and oxygen atoms in total. The van der Waals surface area contributed by atoms with Crippen LogP contribution in [0.25, 0.3) is 12.2 Å². The van der Waals surface area contributed by atoms with Crippen LogP contribution in [0.2, 0.25) is 5.02 Å². The van der Waals surface area contributed by atoms with E-state index in [0.717, 1.165) is 34.9 Å². The number of carbonyl (C=O) groups is 1. The zero-order valence-electron chi connectivity index (χ0n) is 14.2. The molecule has 1 aliphatic rings. The molecular formula is C22H18ClNO2. The molecule has 0 N–H and O–H groups in total. The van der Waals surface area contributed by atoms with Crippen LogP contribution in [0, 0.1) is 0 Å². The van der Waals surface area contributed by atoms with Crippen LogP contribution in [-0.4, -0.2) is 17.4 Å². The van der Waals surface area contributed by atoms with E-state index in [2.05, 4.69) is 0 Å². The van der Waals surface area contributed by atoms with Gasteiger partial charge in [-0.15, -0.1) is 0 Å². The van der Waals surface area contributed by atoms with Crippen molar-refractivity contribution in [3.63, 3.8) is 0 Å². The average molecular weight is 364 g/mol. The molecule has 0 fully saturated rings. The van der Waals surface area contributed by atoms with Crippen LogP contribution < -0.4 is 0 Å². The summed E-state index contributed by atoms with van der Waals surface area (Å²) in [5, 5.41) is 0.720. The maximum Gasteiger partial charge on any atom is 0.254 e. The zero-order chi connectivity index (χ0) is 17.9. The summed E-state index contributed by atoms with van der Waals surface area (Å²) in [6.07, 6.45) is 6.50. The fourth-order valence-electron chi connectivity index (χ4n) is 3.13. The summed E-state index contributed by atoms with van der Waals surface area (Å²) < 4.78 is 5.46. The summed E-state index contributed by atoms with van der Waals surface area (Å²) in [7, 11) is 0. The van der Waals surface area contributed by atoms with Crippen LogP contribution >= 0.6 is 11.6 Å². The van der Waals surface area contributed by atoms with Crippen LogP contribution in [0.1, 0.15) is 32.8 Å². The number of nitrogens with zero attached hydrogens (tertiary/aromatic N) is 1. The van der Waals surface area contributed by atoms with Crippen LogP contribution in [0.5, 0.6) is 0 Å². The molecule has 0 atom stereocenters. The van der Waals surface area contributed by atoms with Crippen molar-refractivity contribution >= 4 is 29.7 Å². The second kappa shape index (κ2) is 7.22. The van der Waals surface area contributed by atoms with Crippen molar-refractivity contribution in [1.82, 2.24) is 4.90 Å². The monoisotopic (exact) mass is 363 g/mol. The molecule has 1 aromatic heterocycles. The number of halogens is 1. The van der Waals surface area contributed by atoms with Gasteiger partial charge in [-0.3, -0.25) is 4.79 Å². The van der Waals surface area contributed by atoms with Gasteiger partial charge in [0.15, 0.2) is 0 Å². The summed E-state index contributed by atoms with van der Waals surface area (Å²) in [6.45, 7) is 1.26. The Morgan fingerprint density at radius 3 is 2.65 bits per heavy atom. The molecule has 2 aromatic carbocycles. The van der Waals surface area contributed by atoms with Crippen molar-refractivity contribution in [3.05, 3.63) is 93.9 Å². The molecule has 0 aliphatic carbocycles. The highest BCUT2D eigenvalue weighted by atomic mass is 35.5. The van der Waals surface area contributed by atoms with Crippen molar-refractivity contribution in [1.29, 1.82) is 0 Å². The summed E-state index contributed by atoms with van der Waals surface area (Å²) in [6, 6.07) is 17.3. The smallest absolute Gasteiger partial charge is 0.254 e. The van der Waals surface area contributed by atoms with Gasteiger partial charge in [-0.05, 0) is 47.4 Å². The maximum atomic E-state index is 12.7. The molecular weight excluding hydrogens is 346 g/mol. The molecule has 3 aromatic rings. The fraction of sp³-hybridized carbons (Fsp3) is 0.136. The predicted octanol–water partition coefficient (Wildman–Crippen LogP) is 5.30. The van der Waals surface area contributed by atoms with Crippen LogP contribution in [-0.2, 0) is 13.0 Å². The van der Waals surface area contributed by atoms with Gasteiger partial charge in [0, 0.05) is 17.1 Å². The predicted molar refractivity (Wildman–Crippen MR) is 104 cm³/mol. The molecule has 26 heavy (non-hydrogen) atoms. The van der Waals surface area contributed by atoms with E-state index in [9.17, 15) is 4.79 Å². The number of rotatable bonds is 3. The van der Waals surface area contributed by atoms with Gasteiger partial charge in [-0.25, -0.2) is 0 Å². The Hall–Kier alpha value is -2.78. The van der Waals surface area contributed by atoms with Gasteiger partial charge in [-0.2, -0.15) is 0 Å². The maximum absolute atomic E-state index is 12.7. The van der Waals surface area contributed by atoms with E-state index >= 15 is 0 Å². The van der Waals surface area contributed by atoms with E-state index in [1.807, 2.05) is 71.6 Å². The van der Waals surface area contributed by atoms with Gasteiger partial charge in [0.05, 0.1) is 12.8 Å². The molecule has 130 valence electrons. The largest absolute Gasteiger partial charge is 0.467 e. The van der Waals surface area contributed by atoms with Crippen LogP contribution in [0.3, 0.4) is 0 Å². The lowest BCUT2D eigenvalue weighted by atomic mass is 10.1. The molecule has 4 heteroatoms. The lowest BCUT2D eigenvalue weighted by molar-refractivity contribution is 0.0720. The Balaban J connectivity index is 1.46. The summed E-state index contributed by atoms with van der Waals surface area (Å²) in [4.78, 5) is 14.5. The minimum Gasteiger partial charge on any atom is -0.467 e. The molecule has 4 rings (SSSR count). The Morgan fingerprint density at radius 2 is 1.85 bits per heavy atom. The van der Waals surface area contributed by atoms with E-state index in [-0.39, 0.29) is 5.91 Å². The van der Waals surface area contributed by atoms with Crippen molar-refractivity contribution in [3.8, 4) is 0 Å². The molecule has 1 amide bonds. The van der Waals surface area contributed by atoms with E-state index in [0.29, 0.717) is 12.1 Å². The topological polar surface area (TPSA) is 33.5 Å². The third kappa shape index (κ3) is 3.44. The van der Waals surface area contributed by atoms with Crippen molar-refractivity contribution < 1.29 is 9.21 Å². The van der Waals surface area contributed by atoms with Gasteiger partial charge in [-0.1, -0.05) is 54.1 Å². The third-order valence-corrected chi connectivity index (χ3v) is 4.97. The lowest BCUT2D eigenvalue weighted by Crippen LogP contribution is -2.35. The number of hydrogen-bond donors (Lipinski definition) is 0. The first-order valence-corrected chi connectivity index (χ1v) is 8.96. The molecule has 0 radical (unpaired) electrons. The van der Waals surface area contributed by atoms with Gasteiger partial charge < -0.3 is 9.32 Å². The molecule has 1 aliphatic heterocycles. The van der Waals surface area contributed by atoms with E-state index in [1.54, 1.807) is 6.26 Å². The zero-order valence-corrected chi connectivity index (χ0v) is 14.9. The first-order chi connectivity index (χ1) is 12.7. The first kappa shape index (κ1) is 16.7. The van der Waals surface area contributed by atoms with Gasteiger partial charge in [0.25, 0.3) is 5.91 Å². The number of benzene rings is 2. The molecule has 0 saturated heterocycles. The number of carbonyl (C=O) groups excluding carboxylic acids is 1. The summed E-state index contributed by atoms with van der Waals surface area (Å²) in [5.74, 6) is 0.928. The van der Waals surface area contributed by atoms with Crippen molar-refractivity contribution in [2.24, 2.45) is 0 Å². The van der Waals surface area contributed by atoms with Crippen molar-refractivity contribution in [2.45, 2.75) is 13.0 Å². The van der Waals surface area contributed by atoms with E-state index < -0.39 is 0 Å². The Bertz CT molecular complexity index is 956. The summed E-state index contributed by atoms with van der Waals surface area (Å²) in [5.41, 5.74) is 3.88. The minimum absolute atomic E-state index is 0.0358. The fourth-order valence-corrected chi connectivity index (χ4v) is 3.32. The second-order valence-corrected chi connectivity index (χ2v) is 6.73. The highest BCUT2D eigenvalue weighted by molar-refractivity contribution is 6.32. The Kier molecular flexibility index (Phi) is 4.63. The molecule has 0 unspecified atom stereocenters. The van der Waals surface area contributed by atoms with E-state index in [1.165, 1.54) is 5.56 Å². The number of amides is 1. The number of furan rings is 1. The average Bonchev–Trinajstić information content (AvgIpc) is 3.15. The second-order valence-electron chi connectivity index (χ2n) is 6.32. The Morgan fingerprint density at radius 1 is 1.04 bits per heavy atom. The standard InChI is InChI=1S/C22H18ClNO2/c23-20-4-2-1-3-17(20)8-5-16-6-9-19(10-7-16)22(25)24-13-11-18-12-14-26-21(18)15-24/h1-10,12,14H,11,13,15H2. The quantitative estimate of drug-likeness (QED) is 0.591. The summed E-state index contributed by atoms with van der Waals surface area (Å²) >= 11 is 6.16. The molecule has 0 spiro atoms. The minimum atomic E-state index is 0.0358. The molecule has 0 saturated carbocycles. The highest BCUT2D eigenvalue weighted by Crippen LogP contribution is 2.22. The lowest BCUT2D eigenvalue weighted by Gasteiger charge is -2.26. The van der Waals surface area contributed by atoms with Gasteiger partial charge >= 0.3 is 0 Å². The first-order valence-electron chi connectivity index (χ1n) is 8.58. The Labute approximate surface area is 157 Å². The van der Waals surface area contributed by atoms with E-state index in [4.69, 9.17) is 16.0 Å². The van der Waals surface area contributed by atoms with Gasteiger partial charge in [0.1, 0.15) is 5.76 Å². The third-order valence-electron chi connectivity index (χ3n) is 4.63. The number of fused-ring (bicyclic) bond motifs is 1. The normalized spacial score (nSPS) is 13.8.